The van der Waals surface area contributed by atoms with Gasteiger partial charge in [-0.2, -0.15) is 8.78 Å². The van der Waals surface area contributed by atoms with Crippen molar-refractivity contribution in [1.29, 1.82) is 0 Å². The molecule has 12 heteroatoms. The third kappa shape index (κ3) is 5.36. The van der Waals surface area contributed by atoms with Crippen LogP contribution in [0.1, 0.15) is 36.1 Å². The van der Waals surface area contributed by atoms with Crippen LogP contribution >= 0.6 is 24.2 Å². The lowest BCUT2D eigenvalue weighted by molar-refractivity contribution is -0.00937. The summed E-state index contributed by atoms with van der Waals surface area (Å²) in [6, 6.07) is 3.79. The van der Waals surface area contributed by atoms with Crippen molar-refractivity contribution in [1.82, 2.24) is 29.6 Å². The second-order valence-corrected chi connectivity index (χ2v) is 9.73. The molecule has 0 saturated heterocycles. The summed E-state index contributed by atoms with van der Waals surface area (Å²) in [6.07, 6.45) is 4.16. The second kappa shape index (κ2) is 10.2. The number of rotatable bonds is 7. The first-order chi connectivity index (χ1) is 16.3. The van der Waals surface area contributed by atoms with E-state index in [0.29, 0.717) is 22.7 Å². The summed E-state index contributed by atoms with van der Waals surface area (Å²) in [7, 11) is 1.93. The van der Waals surface area contributed by atoms with Crippen molar-refractivity contribution in [2.24, 2.45) is 7.05 Å². The molecule has 1 aliphatic rings. The number of hydrogen-bond donors (Lipinski definition) is 0. The fourth-order valence-electron chi connectivity index (χ4n) is 4.21. The molecule has 4 aromatic rings. The number of fused-ring (bicyclic) bond motifs is 2. The average Bonchev–Trinajstić information content (AvgIpc) is 3.46. The SMILES string of the molecule is Cc1ncoc1-c1nnc(SCCCN2CCc3cc4nc(C(C)(F)F)oc4cc3CC2)n1C.Cl. The zero-order valence-corrected chi connectivity index (χ0v) is 21.4. The molecule has 0 saturated carbocycles. The first kappa shape index (κ1) is 25.6. The van der Waals surface area contributed by atoms with Crippen molar-refractivity contribution in [2.75, 3.05) is 25.4 Å². The van der Waals surface area contributed by atoms with Crippen molar-refractivity contribution in [2.45, 2.75) is 44.2 Å². The molecule has 188 valence electrons. The van der Waals surface area contributed by atoms with Gasteiger partial charge in [0.25, 0.3) is 5.89 Å². The molecule has 0 unspecified atom stereocenters. The maximum Gasteiger partial charge on any atom is 0.319 e. The van der Waals surface area contributed by atoms with Gasteiger partial charge in [-0.15, -0.1) is 22.6 Å². The lowest BCUT2D eigenvalue weighted by Gasteiger charge is -2.19. The number of nitrogens with zero attached hydrogens (tertiary/aromatic N) is 6. The van der Waals surface area contributed by atoms with Crippen LogP contribution in [0.2, 0.25) is 0 Å². The summed E-state index contributed by atoms with van der Waals surface area (Å²) < 4.78 is 39.8. The van der Waals surface area contributed by atoms with Crippen LogP contribution < -0.4 is 0 Å². The Labute approximate surface area is 211 Å². The van der Waals surface area contributed by atoms with Gasteiger partial charge in [-0.25, -0.2) is 9.97 Å². The molecule has 0 aliphatic carbocycles. The predicted octanol–water partition coefficient (Wildman–Crippen LogP) is 5.04. The molecular weight excluding hydrogens is 498 g/mol. The Bertz CT molecular complexity index is 1270. The number of thioether (sulfide) groups is 1. The molecule has 35 heavy (non-hydrogen) atoms. The minimum Gasteiger partial charge on any atom is -0.440 e. The molecule has 0 atom stereocenters. The number of alkyl halides is 2. The standard InChI is InChI=1S/C23H26F2N6O2S.ClH/c1-14-19(32-13-26-14)20-28-29-22(30(20)3)34-10-4-7-31-8-5-15-11-17-18(12-16(15)6-9-31)33-21(27-17)23(2,24)25;/h11-13H,4-10H2,1-3H3;1H. The van der Waals surface area contributed by atoms with E-state index in [0.717, 1.165) is 73.6 Å². The first-order valence-corrected chi connectivity index (χ1v) is 12.2. The maximum absolute atomic E-state index is 13.6. The van der Waals surface area contributed by atoms with E-state index in [1.165, 1.54) is 6.39 Å². The molecule has 0 bridgehead atoms. The fraction of sp³-hybridized carbons (Fsp3) is 0.478. The zero-order valence-electron chi connectivity index (χ0n) is 19.8. The van der Waals surface area contributed by atoms with E-state index in [1.54, 1.807) is 11.8 Å². The number of hydrogen-bond acceptors (Lipinski definition) is 8. The van der Waals surface area contributed by atoms with Gasteiger partial charge < -0.3 is 18.3 Å². The average molecular weight is 525 g/mol. The van der Waals surface area contributed by atoms with E-state index in [9.17, 15) is 8.78 Å². The third-order valence-corrected chi connectivity index (χ3v) is 7.22. The van der Waals surface area contributed by atoms with Crippen molar-refractivity contribution in [3.05, 3.63) is 41.2 Å². The van der Waals surface area contributed by atoms with E-state index >= 15 is 0 Å². The van der Waals surface area contributed by atoms with Gasteiger partial charge in [0.1, 0.15) is 5.52 Å². The van der Waals surface area contributed by atoms with Crippen LogP contribution in [0.3, 0.4) is 0 Å². The van der Waals surface area contributed by atoms with E-state index in [-0.39, 0.29) is 12.4 Å². The molecule has 4 heterocycles. The van der Waals surface area contributed by atoms with Gasteiger partial charge in [0, 0.05) is 32.8 Å². The molecule has 0 N–H and O–H groups in total. The van der Waals surface area contributed by atoms with Gasteiger partial charge >= 0.3 is 5.92 Å². The zero-order chi connectivity index (χ0) is 23.9. The van der Waals surface area contributed by atoms with Crippen LogP contribution in [0.25, 0.3) is 22.7 Å². The van der Waals surface area contributed by atoms with Crippen LogP contribution in [0.15, 0.2) is 32.5 Å². The van der Waals surface area contributed by atoms with Gasteiger partial charge in [-0.1, -0.05) is 11.8 Å². The minimum absolute atomic E-state index is 0. The monoisotopic (exact) mass is 524 g/mol. The third-order valence-electron chi connectivity index (χ3n) is 6.11. The normalized spacial score (nSPS) is 14.7. The van der Waals surface area contributed by atoms with E-state index < -0.39 is 11.8 Å². The Morgan fingerprint density at radius 1 is 1.14 bits per heavy atom. The van der Waals surface area contributed by atoms with E-state index in [1.807, 2.05) is 30.7 Å². The lowest BCUT2D eigenvalue weighted by atomic mass is 10.0. The molecule has 8 nitrogen and oxygen atoms in total. The Balaban J connectivity index is 0.00000289. The smallest absolute Gasteiger partial charge is 0.319 e. The van der Waals surface area contributed by atoms with Crippen molar-refractivity contribution < 1.29 is 17.6 Å². The summed E-state index contributed by atoms with van der Waals surface area (Å²) in [4.78, 5) is 10.6. The summed E-state index contributed by atoms with van der Waals surface area (Å²) in [5.41, 5.74) is 4.05. The van der Waals surface area contributed by atoms with Crippen LogP contribution in [-0.4, -0.2) is 55.0 Å². The van der Waals surface area contributed by atoms with Crippen molar-refractivity contribution in [3.8, 4) is 11.6 Å². The quantitative estimate of drug-likeness (QED) is 0.245. The summed E-state index contributed by atoms with van der Waals surface area (Å²) >= 11 is 1.68. The van der Waals surface area contributed by atoms with Gasteiger partial charge in [0.05, 0.1) is 5.69 Å². The molecular formula is C23H27ClF2N6O2S. The molecule has 1 aliphatic heterocycles. The van der Waals surface area contributed by atoms with Gasteiger partial charge in [0.15, 0.2) is 22.9 Å². The molecule has 3 aromatic heterocycles. The maximum atomic E-state index is 13.6. The van der Waals surface area contributed by atoms with Crippen LogP contribution in [-0.2, 0) is 25.8 Å². The highest BCUT2D eigenvalue weighted by molar-refractivity contribution is 7.99. The Kier molecular flexibility index (Phi) is 7.48. The van der Waals surface area contributed by atoms with Crippen molar-refractivity contribution in [3.63, 3.8) is 0 Å². The summed E-state index contributed by atoms with van der Waals surface area (Å²) in [5, 5.41) is 9.40. The summed E-state index contributed by atoms with van der Waals surface area (Å²) in [6.45, 7) is 5.52. The van der Waals surface area contributed by atoms with Gasteiger partial charge in [0.2, 0.25) is 5.82 Å². The molecule has 0 spiro atoms. The highest BCUT2D eigenvalue weighted by Gasteiger charge is 2.31. The van der Waals surface area contributed by atoms with Crippen LogP contribution in [0.5, 0.6) is 0 Å². The fourth-order valence-corrected chi connectivity index (χ4v) is 5.05. The highest BCUT2D eigenvalue weighted by Crippen LogP contribution is 2.31. The largest absolute Gasteiger partial charge is 0.440 e. The minimum atomic E-state index is -3.08. The Morgan fingerprint density at radius 2 is 1.89 bits per heavy atom. The number of aromatic nitrogens is 5. The van der Waals surface area contributed by atoms with Gasteiger partial charge in [-0.05, 0) is 56.0 Å². The molecule has 0 radical (unpaired) electrons. The van der Waals surface area contributed by atoms with Gasteiger partial charge in [-0.3, -0.25) is 0 Å². The van der Waals surface area contributed by atoms with Crippen molar-refractivity contribution >= 4 is 35.3 Å². The van der Waals surface area contributed by atoms with E-state index in [2.05, 4.69) is 25.1 Å². The Hall–Kier alpha value is -2.50. The molecule has 5 rings (SSSR count). The predicted molar refractivity (Wildman–Crippen MR) is 131 cm³/mol. The lowest BCUT2D eigenvalue weighted by Crippen LogP contribution is -2.27. The molecule has 0 fully saturated rings. The summed E-state index contributed by atoms with van der Waals surface area (Å²) in [5.74, 6) is -1.35. The first-order valence-electron chi connectivity index (χ1n) is 11.2. The molecule has 0 amide bonds. The number of oxazole rings is 2. The topological polar surface area (TPSA) is 86.0 Å². The Morgan fingerprint density at radius 3 is 2.57 bits per heavy atom. The molecule has 1 aromatic carbocycles. The number of benzene rings is 1. The van der Waals surface area contributed by atoms with E-state index in [4.69, 9.17) is 8.83 Å². The highest BCUT2D eigenvalue weighted by atomic mass is 35.5. The number of aryl methyl sites for hydroxylation is 1. The van der Waals surface area contributed by atoms with Crippen LogP contribution in [0.4, 0.5) is 8.78 Å². The van der Waals surface area contributed by atoms with Crippen LogP contribution in [0, 0.1) is 6.92 Å². The number of halogens is 3. The second-order valence-electron chi connectivity index (χ2n) is 8.67.